The summed E-state index contributed by atoms with van der Waals surface area (Å²) in [6.45, 7) is 8.03. The lowest BCUT2D eigenvalue weighted by atomic mass is 10.1. The van der Waals surface area contributed by atoms with E-state index in [0.717, 1.165) is 0 Å². The number of rotatable bonds is 6. The van der Waals surface area contributed by atoms with Crippen molar-refractivity contribution in [1.29, 1.82) is 0 Å². The maximum absolute atomic E-state index is 11.2. The zero-order valence-corrected chi connectivity index (χ0v) is 10.2. The fourth-order valence-electron chi connectivity index (χ4n) is 1.29. The molecule has 5 nitrogen and oxygen atoms in total. The van der Waals surface area contributed by atoms with Gasteiger partial charge in [0.15, 0.2) is 0 Å². The van der Waals surface area contributed by atoms with Crippen LogP contribution in [-0.4, -0.2) is 22.5 Å². The smallest absolute Gasteiger partial charge is 0.234 e. The minimum Gasteiger partial charge on any atom is -0.368 e. The van der Waals surface area contributed by atoms with Crippen LogP contribution in [0.2, 0.25) is 0 Å². The third kappa shape index (κ3) is 3.13. The molecule has 0 radical (unpaired) electrons. The highest BCUT2D eigenvalue weighted by molar-refractivity contribution is 5.79. The van der Waals surface area contributed by atoms with Gasteiger partial charge in [0.25, 0.3) is 0 Å². The Kier molecular flexibility index (Phi) is 4.18. The number of hydrogen-bond acceptors (Lipinski definition) is 5. The highest BCUT2D eigenvalue weighted by Crippen LogP contribution is 2.21. The second-order valence-corrected chi connectivity index (χ2v) is 4.02. The first-order valence-corrected chi connectivity index (χ1v) is 5.48. The molecular formula is C11H18N2O3. The molecule has 1 rings (SSSR count). The number of carbonyl (C=O) groups excluding carboxylic acids is 1. The molecule has 0 spiro atoms. The predicted molar refractivity (Wildman–Crippen MR) is 58.0 cm³/mol. The first kappa shape index (κ1) is 12.8. The lowest BCUT2D eigenvalue weighted by Gasteiger charge is -2.19. The maximum atomic E-state index is 11.2. The number of nitrogens with zero attached hydrogens (tertiary/aromatic N) is 2. The summed E-state index contributed by atoms with van der Waals surface area (Å²) < 4.78 is 10.5. The van der Waals surface area contributed by atoms with Gasteiger partial charge in [-0.25, -0.2) is 0 Å². The average Bonchev–Trinajstić information content (AvgIpc) is 2.66. The molecule has 0 aliphatic heterocycles. The van der Waals surface area contributed by atoms with Crippen LogP contribution >= 0.6 is 0 Å². The van der Waals surface area contributed by atoms with Gasteiger partial charge >= 0.3 is 0 Å². The Morgan fingerprint density at radius 1 is 1.44 bits per heavy atom. The highest BCUT2D eigenvalue weighted by Gasteiger charge is 2.27. The molecule has 0 aromatic carbocycles. The van der Waals surface area contributed by atoms with Gasteiger partial charge in [-0.2, -0.15) is 4.98 Å². The SMILES string of the molecule is CCOC(C)(C)c1noc(CC(=O)CC)n1. The molecular weight excluding hydrogens is 208 g/mol. The van der Waals surface area contributed by atoms with E-state index in [-0.39, 0.29) is 12.2 Å². The van der Waals surface area contributed by atoms with Crippen molar-refractivity contribution in [2.45, 2.75) is 46.1 Å². The molecule has 16 heavy (non-hydrogen) atoms. The van der Waals surface area contributed by atoms with Crippen molar-refractivity contribution in [2.75, 3.05) is 6.61 Å². The van der Waals surface area contributed by atoms with E-state index < -0.39 is 5.60 Å². The van der Waals surface area contributed by atoms with Gasteiger partial charge in [0.1, 0.15) is 11.4 Å². The van der Waals surface area contributed by atoms with Gasteiger partial charge in [-0.15, -0.1) is 0 Å². The van der Waals surface area contributed by atoms with Gasteiger partial charge in [-0.05, 0) is 20.8 Å². The largest absolute Gasteiger partial charge is 0.368 e. The van der Waals surface area contributed by atoms with Gasteiger partial charge in [-0.3, -0.25) is 4.79 Å². The summed E-state index contributed by atoms with van der Waals surface area (Å²) in [6.07, 6.45) is 0.679. The van der Waals surface area contributed by atoms with E-state index in [1.54, 1.807) is 0 Å². The zero-order valence-electron chi connectivity index (χ0n) is 10.2. The lowest BCUT2D eigenvalue weighted by molar-refractivity contribution is -0.118. The molecule has 0 amide bonds. The third-order valence-electron chi connectivity index (χ3n) is 2.25. The molecule has 0 aliphatic rings. The summed E-state index contributed by atoms with van der Waals surface area (Å²) >= 11 is 0. The molecule has 90 valence electrons. The first-order chi connectivity index (χ1) is 7.49. The minimum absolute atomic E-state index is 0.0874. The Labute approximate surface area is 95.2 Å². The second kappa shape index (κ2) is 5.21. The van der Waals surface area contributed by atoms with E-state index in [1.165, 1.54) is 0 Å². The molecule has 5 heteroatoms. The van der Waals surface area contributed by atoms with Crippen molar-refractivity contribution in [3.05, 3.63) is 11.7 Å². The number of carbonyl (C=O) groups is 1. The number of aromatic nitrogens is 2. The Morgan fingerprint density at radius 2 is 2.12 bits per heavy atom. The van der Waals surface area contributed by atoms with Crippen molar-refractivity contribution in [1.82, 2.24) is 10.1 Å². The quantitative estimate of drug-likeness (QED) is 0.740. The van der Waals surface area contributed by atoms with Crippen molar-refractivity contribution in [2.24, 2.45) is 0 Å². The summed E-state index contributed by atoms with van der Waals surface area (Å²) in [6, 6.07) is 0. The number of Topliss-reactive ketones (excluding diaryl/α,β-unsaturated/α-hetero) is 1. The summed E-state index contributed by atoms with van der Waals surface area (Å²) in [5.41, 5.74) is -0.578. The fraction of sp³-hybridized carbons (Fsp3) is 0.727. The Hall–Kier alpha value is -1.23. The topological polar surface area (TPSA) is 65.2 Å². The van der Waals surface area contributed by atoms with Crippen LogP contribution in [-0.2, 0) is 21.6 Å². The van der Waals surface area contributed by atoms with Crippen molar-refractivity contribution in [3.8, 4) is 0 Å². The van der Waals surface area contributed by atoms with Crippen LogP contribution < -0.4 is 0 Å². The van der Waals surface area contributed by atoms with E-state index in [9.17, 15) is 4.79 Å². The predicted octanol–water partition coefficient (Wildman–Crippen LogP) is 1.86. The van der Waals surface area contributed by atoms with Crippen LogP contribution in [0.3, 0.4) is 0 Å². The molecule has 0 bridgehead atoms. The average molecular weight is 226 g/mol. The van der Waals surface area contributed by atoms with E-state index in [0.29, 0.717) is 24.7 Å². The summed E-state index contributed by atoms with van der Waals surface area (Å²) in [5, 5.41) is 3.83. The minimum atomic E-state index is -0.578. The fourth-order valence-corrected chi connectivity index (χ4v) is 1.29. The van der Waals surface area contributed by atoms with Gasteiger partial charge in [-0.1, -0.05) is 12.1 Å². The highest BCUT2D eigenvalue weighted by atomic mass is 16.5. The molecule has 0 saturated heterocycles. The number of ether oxygens (including phenoxy) is 1. The monoisotopic (exact) mass is 226 g/mol. The van der Waals surface area contributed by atoms with Crippen LogP contribution in [0.4, 0.5) is 0 Å². The Bertz CT molecular complexity index is 358. The molecule has 0 saturated carbocycles. The van der Waals surface area contributed by atoms with Crippen LogP contribution in [0.1, 0.15) is 45.8 Å². The van der Waals surface area contributed by atoms with E-state index >= 15 is 0 Å². The van der Waals surface area contributed by atoms with Crippen LogP contribution in [0.25, 0.3) is 0 Å². The van der Waals surface area contributed by atoms with Crippen molar-refractivity contribution < 1.29 is 14.1 Å². The van der Waals surface area contributed by atoms with Crippen LogP contribution in [0, 0.1) is 0 Å². The van der Waals surface area contributed by atoms with Gasteiger partial charge in [0, 0.05) is 13.0 Å². The standard InChI is InChI=1S/C11H18N2O3/c1-5-8(14)7-9-12-10(13-16-9)11(3,4)15-6-2/h5-7H2,1-4H3. The Morgan fingerprint density at radius 3 is 2.69 bits per heavy atom. The number of hydrogen-bond donors (Lipinski definition) is 0. The first-order valence-electron chi connectivity index (χ1n) is 5.48. The Balaban J connectivity index is 2.74. The molecule has 1 aromatic rings. The van der Waals surface area contributed by atoms with E-state index in [1.807, 2.05) is 27.7 Å². The molecule has 0 N–H and O–H groups in total. The molecule has 0 atom stereocenters. The van der Waals surface area contributed by atoms with Crippen molar-refractivity contribution in [3.63, 3.8) is 0 Å². The second-order valence-electron chi connectivity index (χ2n) is 4.02. The van der Waals surface area contributed by atoms with Gasteiger partial charge < -0.3 is 9.26 Å². The van der Waals surface area contributed by atoms with Gasteiger partial charge in [0.2, 0.25) is 11.7 Å². The molecule has 1 heterocycles. The lowest BCUT2D eigenvalue weighted by Crippen LogP contribution is -2.23. The molecule has 0 aliphatic carbocycles. The number of ketones is 1. The summed E-state index contributed by atoms with van der Waals surface area (Å²) in [4.78, 5) is 15.4. The van der Waals surface area contributed by atoms with Crippen LogP contribution in [0.15, 0.2) is 4.52 Å². The van der Waals surface area contributed by atoms with E-state index in [2.05, 4.69) is 10.1 Å². The normalized spacial score (nSPS) is 11.8. The maximum Gasteiger partial charge on any atom is 0.234 e. The third-order valence-corrected chi connectivity index (χ3v) is 2.25. The zero-order chi connectivity index (χ0) is 12.2. The van der Waals surface area contributed by atoms with Gasteiger partial charge in [0.05, 0.1) is 6.42 Å². The molecule has 0 fully saturated rings. The summed E-state index contributed by atoms with van der Waals surface area (Å²) in [7, 11) is 0. The van der Waals surface area contributed by atoms with Crippen LogP contribution in [0.5, 0.6) is 0 Å². The van der Waals surface area contributed by atoms with Crippen molar-refractivity contribution >= 4 is 5.78 Å². The van der Waals surface area contributed by atoms with E-state index in [4.69, 9.17) is 9.26 Å². The summed E-state index contributed by atoms with van der Waals surface area (Å²) in [5.74, 6) is 0.923. The molecule has 1 aromatic heterocycles. The molecule has 0 unspecified atom stereocenters.